The summed E-state index contributed by atoms with van der Waals surface area (Å²) in [6.07, 6.45) is 0. The lowest BCUT2D eigenvalue weighted by Gasteiger charge is -2.30. The molecule has 2 amide bonds. The molecule has 192 valence electrons. The van der Waals surface area contributed by atoms with E-state index in [9.17, 15) is 19.1 Å². The van der Waals surface area contributed by atoms with E-state index in [0.717, 1.165) is 18.8 Å². The van der Waals surface area contributed by atoms with Gasteiger partial charge in [-0.15, -0.1) is 0 Å². The summed E-state index contributed by atoms with van der Waals surface area (Å²) >= 11 is 0. The number of urea groups is 1. The summed E-state index contributed by atoms with van der Waals surface area (Å²) in [6.45, 7) is 13.4. The zero-order valence-electron chi connectivity index (χ0n) is 21.6. The Hall–Kier alpha value is -3.81. The number of anilines is 3. The molecule has 3 aromatic rings. The van der Waals surface area contributed by atoms with E-state index in [-0.39, 0.29) is 5.56 Å². The number of carboxylic acid groups (broad SMARTS) is 1. The minimum absolute atomic E-state index is 0.100. The molecule has 0 radical (unpaired) electrons. The highest BCUT2D eigenvalue weighted by molar-refractivity contribution is 6.03. The molecule has 0 fully saturated rings. The van der Waals surface area contributed by atoms with Crippen LogP contribution < -0.4 is 15.5 Å². The van der Waals surface area contributed by atoms with Gasteiger partial charge in [0, 0.05) is 24.3 Å². The molecule has 1 heterocycles. The summed E-state index contributed by atoms with van der Waals surface area (Å²) in [4.78, 5) is 27.1. The molecule has 2 aromatic carbocycles. The van der Waals surface area contributed by atoms with Crippen LogP contribution in [0.2, 0.25) is 0 Å². The van der Waals surface area contributed by atoms with Gasteiger partial charge in [0.2, 0.25) is 0 Å². The number of carbonyl (C=O) groups excluding carboxylic acids is 1. The molecule has 0 unspecified atom stereocenters. The number of hydrogen-bond donors (Lipinski definition) is 3. The van der Waals surface area contributed by atoms with Gasteiger partial charge >= 0.3 is 12.0 Å². The summed E-state index contributed by atoms with van der Waals surface area (Å²) in [5.74, 6) is 0.0926. The SMILES string of the molecule is Cc1oc(C)c(-c2ccc(N(CC(C)C)CC(C)C)c(NC(=O)Nc3ccc(F)cc3)c2)c1C(=O)O. The van der Waals surface area contributed by atoms with E-state index in [1.54, 1.807) is 19.9 Å². The second kappa shape index (κ2) is 11.3. The van der Waals surface area contributed by atoms with Crippen molar-refractivity contribution in [3.63, 3.8) is 0 Å². The van der Waals surface area contributed by atoms with Gasteiger partial charge in [-0.05, 0) is 67.6 Å². The van der Waals surface area contributed by atoms with Crippen molar-refractivity contribution in [1.29, 1.82) is 0 Å². The molecule has 7 nitrogen and oxygen atoms in total. The number of rotatable bonds is 9. The van der Waals surface area contributed by atoms with E-state index in [4.69, 9.17) is 4.42 Å². The Bertz CT molecular complexity index is 1220. The van der Waals surface area contributed by atoms with Gasteiger partial charge in [0.05, 0.1) is 11.4 Å². The molecule has 3 N–H and O–H groups in total. The fourth-order valence-corrected chi connectivity index (χ4v) is 4.33. The molecular weight excluding hydrogens is 461 g/mol. The highest BCUT2D eigenvalue weighted by Crippen LogP contribution is 2.37. The Kier molecular flexibility index (Phi) is 8.40. The normalized spacial score (nSPS) is 11.1. The predicted octanol–water partition coefficient (Wildman–Crippen LogP) is 7.16. The maximum atomic E-state index is 13.3. The Labute approximate surface area is 211 Å². The van der Waals surface area contributed by atoms with E-state index < -0.39 is 17.8 Å². The molecule has 8 heteroatoms. The number of benzene rings is 2. The van der Waals surface area contributed by atoms with E-state index >= 15 is 0 Å². The molecule has 1 aromatic heterocycles. The minimum atomic E-state index is -1.08. The van der Waals surface area contributed by atoms with Crippen LogP contribution in [0, 0.1) is 31.5 Å². The second-order valence-corrected chi connectivity index (χ2v) is 9.78. The second-order valence-electron chi connectivity index (χ2n) is 9.78. The summed E-state index contributed by atoms with van der Waals surface area (Å²) in [7, 11) is 0. The van der Waals surface area contributed by atoms with Crippen LogP contribution in [-0.4, -0.2) is 30.2 Å². The molecule has 0 aliphatic rings. The first kappa shape index (κ1) is 26.8. The van der Waals surface area contributed by atoms with Gasteiger partial charge < -0.3 is 25.1 Å². The van der Waals surface area contributed by atoms with E-state index in [0.29, 0.717) is 45.9 Å². The maximum absolute atomic E-state index is 13.3. The molecule has 0 saturated heterocycles. The average Bonchev–Trinajstić information content (AvgIpc) is 3.08. The van der Waals surface area contributed by atoms with Crippen LogP contribution in [0.25, 0.3) is 11.1 Å². The minimum Gasteiger partial charge on any atom is -0.478 e. The van der Waals surface area contributed by atoms with Gasteiger partial charge in [-0.25, -0.2) is 14.0 Å². The number of halogens is 1. The number of hydrogen-bond acceptors (Lipinski definition) is 4. The number of furan rings is 1. The third-order valence-corrected chi connectivity index (χ3v) is 5.62. The summed E-state index contributed by atoms with van der Waals surface area (Å²) in [6, 6.07) is 10.5. The Morgan fingerprint density at radius 1 is 0.944 bits per heavy atom. The van der Waals surface area contributed by atoms with E-state index in [1.807, 2.05) is 12.1 Å². The molecule has 0 atom stereocenters. The number of aryl methyl sites for hydroxylation is 2. The number of carboxylic acids is 1. The molecule has 0 bridgehead atoms. The molecule has 0 saturated carbocycles. The van der Waals surface area contributed by atoms with E-state index in [1.165, 1.54) is 24.3 Å². The van der Waals surface area contributed by atoms with Crippen molar-refractivity contribution in [3.05, 3.63) is 65.4 Å². The molecule has 0 aliphatic heterocycles. The lowest BCUT2D eigenvalue weighted by Crippen LogP contribution is -2.32. The van der Waals surface area contributed by atoms with Crippen LogP contribution in [-0.2, 0) is 0 Å². The highest BCUT2D eigenvalue weighted by Gasteiger charge is 2.24. The van der Waals surface area contributed by atoms with Gasteiger partial charge in [0.1, 0.15) is 22.9 Å². The van der Waals surface area contributed by atoms with Crippen molar-refractivity contribution >= 4 is 29.1 Å². The fraction of sp³-hybridized carbons (Fsp3) is 0.357. The van der Waals surface area contributed by atoms with Crippen LogP contribution >= 0.6 is 0 Å². The third-order valence-electron chi connectivity index (χ3n) is 5.62. The van der Waals surface area contributed by atoms with Gasteiger partial charge in [-0.3, -0.25) is 0 Å². The molecule has 3 rings (SSSR count). The standard InChI is InChI=1S/C28H34FN3O4/c1-16(2)14-32(15-17(3)4)24-12-7-20(25-18(5)36-19(6)26(25)27(33)34)13-23(24)31-28(35)30-22-10-8-21(29)9-11-22/h7-13,16-17H,14-15H2,1-6H3,(H,33,34)(H2,30,31,35). The predicted molar refractivity (Wildman–Crippen MR) is 142 cm³/mol. The smallest absolute Gasteiger partial charge is 0.339 e. The third kappa shape index (κ3) is 6.44. The van der Waals surface area contributed by atoms with Crippen molar-refractivity contribution < 1.29 is 23.5 Å². The number of nitrogens with zero attached hydrogens (tertiary/aromatic N) is 1. The average molecular weight is 496 g/mol. The Morgan fingerprint density at radius 2 is 1.56 bits per heavy atom. The molecule has 0 spiro atoms. The van der Waals surface area contributed by atoms with E-state index in [2.05, 4.69) is 43.2 Å². The van der Waals surface area contributed by atoms with Crippen molar-refractivity contribution in [3.8, 4) is 11.1 Å². The van der Waals surface area contributed by atoms with Crippen LogP contribution in [0.4, 0.5) is 26.2 Å². The maximum Gasteiger partial charge on any atom is 0.339 e. The number of nitrogens with one attached hydrogen (secondary N) is 2. The van der Waals surface area contributed by atoms with Crippen molar-refractivity contribution in [2.75, 3.05) is 28.6 Å². The van der Waals surface area contributed by atoms with Crippen molar-refractivity contribution in [1.82, 2.24) is 0 Å². The van der Waals surface area contributed by atoms with Crippen LogP contribution in [0.3, 0.4) is 0 Å². The first-order chi connectivity index (χ1) is 17.0. The topological polar surface area (TPSA) is 94.8 Å². The summed E-state index contributed by atoms with van der Waals surface area (Å²) in [5.41, 5.74) is 3.00. The van der Waals surface area contributed by atoms with Gasteiger partial charge in [-0.1, -0.05) is 33.8 Å². The highest BCUT2D eigenvalue weighted by atomic mass is 19.1. The number of amides is 2. The first-order valence-electron chi connectivity index (χ1n) is 12.0. The fourth-order valence-electron chi connectivity index (χ4n) is 4.33. The van der Waals surface area contributed by atoms with Gasteiger partial charge in [-0.2, -0.15) is 0 Å². The molecule has 36 heavy (non-hydrogen) atoms. The Morgan fingerprint density at radius 3 is 2.11 bits per heavy atom. The van der Waals surface area contributed by atoms with Gasteiger partial charge in [0.15, 0.2) is 0 Å². The first-order valence-corrected chi connectivity index (χ1v) is 12.0. The van der Waals surface area contributed by atoms with Crippen molar-refractivity contribution in [2.45, 2.75) is 41.5 Å². The zero-order chi connectivity index (χ0) is 26.6. The lowest BCUT2D eigenvalue weighted by atomic mass is 9.98. The van der Waals surface area contributed by atoms with Crippen LogP contribution in [0.15, 0.2) is 46.9 Å². The summed E-state index contributed by atoms with van der Waals surface area (Å²) in [5, 5.41) is 15.4. The largest absolute Gasteiger partial charge is 0.478 e. The van der Waals surface area contributed by atoms with Gasteiger partial charge in [0.25, 0.3) is 0 Å². The van der Waals surface area contributed by atoms with Crippen molar-refractivity contribution in [2.24, 2.45) is 11.8 Å². The van der Waals surface area contributed by atoms with Crippen LogP contribution in [0.5, 0.6) is 0 Å². The summed E-state index contributed by atoms with van der Waals surface area (Å²) < 4.78 is 18.9. The van der Waals surface area contributed by atoms with Crippen LogP contribution in [0.1, 0.15) is 49.6 Å². The quantitative estimate of drug-likeness (QED) is 0.293. The number of carbonyl (C=O) groups is 2. The Balaban J connectivity index is 2.07. The molecule has 0 aliphatic carbocycles. The monoisotopic (exact) mass is 495 g/mol. The molecular formula is C28H34FN3O4. The lowest BCUT2D eigenvalue weighted by molar-refractivity contribution is 0.0695. The number of aromatic carboxylic acids is 1. The zero-order valence-corrected chi connectivity index (χ0v) is 21.6.